The summed E-state index contributed by atoms with van der Waals surface area (Å²) in [6.45, 7) is 1.85. The minimum atomic E-state index is -0.832. The first kappa shape index (κ1) is 12.2. The zero-order valence-corrected chi connectivity index (χ0v) is 9.76. The fourth-order valence-electron chi connectivity index (χ4n) is 1.49. The number of hydrogen-bond donors (Lipinski definition) is 0. The lowest BCUT2D eigenvalue weighted by molar-refractivity contribution is 0.0520. The Kier molecular flexibility index (Phi) is 3.62. The largest absolute Gasteiger partial charge is 0.462 e. The smallest absolute Gasteiger partial charge is 0.342 e. The molecule has 0 atom stereocenters. The minimum Gasteiger partial charge on any atom is -0.462 e. The summed E-state index contributed by atoms with van der Waals surface area (Å²) in [7, 11) is 0. The van der Waals surface area contributed by atoms with Gasteiger partial charge in [0.25, 0.3) is 0 Å². The van der Waals surface area contributed by atoms with Crippen molar-refractivity contribution < 1.29 is 13.9 Å². The van der Waals surface area contributed by atoms with E-state index < -0.39 is 11.9 Å². The summed E-state index contributed by atoms with van der Waals surface area (Å²) in [5.41, 5.74) is 1.21. The van der Waals surface area contributed by atoms with Gasteiger partial charge in [-0.15, -0.1) is 0 Å². The molecule has 0 fully saturated rings. The number of carbonyl (C=O) groups excluding carboxylic acids is 1. The zero-order valence-electron chi connectivity index (χ0n) is 9.76. The van der Waals surface area contributed by atoms with Gasteiger partial charge in [-0.2, -0.15) is 4.39 Å². The summed E-state index contributed by atoms with van der Waals surface area (Å²) < 4.78 is 18.2. The molecule has 2 aromatic rings. The Bertz CT molecular complexity index is 558. The van der Waals surface area contributed by atoms with Crippen LogP contribution in [-0.2, 0) is 4.74 Å². The van der Waals surface area contributed by atoms with Crippen molar-refractivity contribution in [3.05, 3.63) is 48.3 Å². The van der Waals surface area contributed by atoms with Crippen molar-refractivity contribution in [1.82, 2.24) is 9.97 Å². The van der Waals surface area contributed by atoms with Crippen molar-refractivity contribution in [2.24, 2.45) is 0 Å². The highest BCUT2D eigenvalue weighted by atomic mass is 19.1. The molecule has 4 nitrogen and oxygen atoms in total. The number of halogens is 1. The molecule has 0 saturated carbocycles. The molecular weight excluding hydrogens is 235 g/mol. The van der Waals surface area contributed by atoms with Gasteiger partial charge < -0.3 is 4.74 Å². The number of carbonyl (C=O) groups is 1. The van der Waals surface area contributed by atoms with E-state index in [2.05, 4.69) is 9.97 Å². The Balaban J connectivity index is 2.41. The second-order valence-corrected chi connectivity index (χ2v) is 3.52. The predicted molar refractivity (Wildman–Crippen MR) is 63.4 cm³/mol. The molecule has 5 heteroatoms. The highest BCUT2D eigenvalue weighted by Gasteiger charge is 2.15. The van der Waals surface area contributed by atoms with Crippen LogP contribution in [0.2, 0.25) is 0 Å². The van der Waals surface area contributed by atoms with Crippen molar-refractivity contribution in [3.63, 3.8) is 0 Å². The molecule has 18 heavy (non-hydrogen) atoms. The van der Waals surface area contributed by atoms with E-state index in [9.17, 15) is 9.18 Å². The molecule has 0 radical (unpaired) electrons. The molecule has 2 rings (SSSR count). The number of rotatable bonds is 3. The molecule has 0 aliphatic carbocycles. The lowest BCUT2D eigenvalue weighted by Gasteiger charge is -2.05. The SMILES string of the molecule is CCOC(=O)c1cc(-c2cccnc2)cnc1F. The molecule has 92 valence electrons. The molecule has 0 aliphatic heterocycles. The van der Waals surface area contributed by atoms with Gasteiger partial charge in [-0.25, -0.2) is 9.78 Å². The van der Waals surface area contributed by atoms with Crippen molar-refractivity contribution in [3.8, 4) is 11.1 Å². The third kappa shape index (κ3) is 2.51. The molecule has 0 saturated heterocycles. The number of aromatic nitrogens is 2. The van der Waals surface area contributed by atoms with Crippen LogP contribution < -0.4 is 0 Å². The standard InChI is InChI=1S/C13H11FN2O2/c1-2-18-13(17)11-6-10(8-16-12(11)14)9-4-3-5-15-7-9/h3-8H,2H2,1H3. The summed E-state index contributed by atoms with van der Waals surface area (Å²) in [6, 6.07) is 4.97. The van der Waals surface area contributed by atoms with Gasteiger partial charge in [0.15, 0.2) is 0 Å². The Labute approximate surface area is 103 Å². The predicted octanol–water partition coefficient (Wildman–Crippen LogP) is 2.46. The van der Waals surface area contributed by atoms with E-state index >= 15 is 0 Å². The van der Waals surface area contributed by atoms with Crippen molar-refractivity contribution in [1.29, 1.82) is 0 Å². The Morgan fingerprint density at radius 2 is 2.22 bits per heavy atom. The van der Waals surface area contributed by atoms with Gasteiger partial charge in [-0.05, 0) is 19.1 Å². The van der Waals surface area contributed by atoms with Crippen LogP contribution in [0.4, 0.5) is 4.39 Å². The third-order valence-electron chi connectivity index (χ3n) is 2.33. The topological polar surface area (TPSA) is 52.1 Å². The quantitative estimate of drug-likeness (QED) is 0.616. The van der Waals surface area contributed by atoms with E-state index in [1.807, 2.05) is 0 Å². The van der Waals surface area contributed by atoms with Gasteiger partial charge >= 0.3 is 5.97 Å². The fourth-order valence-corrected chi connectivity index (χ4v) is 1.49. The van der Waals surface area contributed by atoms with Gasteiger partial charge in [0.05, 0.1) is 6.61 Å². The van der Waals surface area contributed by atoms with E-state index in [1.165, 1.54) is 12.3 Å². The fraction of sp³-hybridized carbons (Fsp3) is 0.154. The van der Waals surface area contributed by atoms with Gasteiger partial charge in [0.2, 0.25) is 5.95 Å². The maximum Gasteiger partial charge on any atom is 0.342 e. The summed E-state index contributed by atoms with van der Waals surface area (Å²) in [5.74, 6) is -1.55. The van der Waals surface area contributed by atoms with Gasteiger partial charge in [-0.3, -0.25) is 4.98 Å². The Hall–Kier alpha value is -2.30. The van der Waals surface area contributed by atoms with E-state index in [0.29, 0.717) is 5.56 Å². The van der Waals surface area contributed by atoms with E-state index in [-0.39, 0.29) is 12.2 Å². The second kappa shape index (κ2) is 5.35. The maximum atomic E-state index is 13.4. The highest BCUT2D eigenvalue weighted by molar-refractivity contribution is 5.90. The monoisotopic (exact) mass is 246 g/mol. The lowest BCUT2D eigenvalue weighted by Crippen LogP contribution is -2.08. The van der Waals surface area contributed by atoms with Crippen LogP contribution in [0.1, 0.15) is 17.3 Å². The minimum absolute atomic E-state index is 0.168. The maximum absolute atomic E-state index is 13.4. The van der Waals surface area contributed by atoms with Gasteiger partial charge in [-0.1, -0.05) is 6.07 Å². The molecular formula is C13H11FN2O2. The van der Waals surface area contributed by atoms with Crippen LogP contribution in [0.5, 0.6) is 0 Å². The van der Waals surface area contributed by atoms with E-state index in [1.54, 1.807) is 31.5 Å². The van der Waals surface area contributed by atoms with Crippen LogP contribution in [0.25, 0.3) is 11.1 Å². The first-order chi connectivity index (χ1) is 8.72. The number of esters is 1. The van der Waals surface area contributed by atoms with Crippen LogP contribution >= 0.6 is 0 Å². The van der Waals surface area contributed by atoms with Crippen molar-refractivity contribution >= 4 is 5.97 Å². The van der Waals surface area contributed by atoms with Crippen LogP contribution in [-0.4, -0.2) is 22.5 Å². The Morgan fingerprint density at radius 3 is 2.89 bits per heavy atom. The van der Waals surface area contributed by atoms with E-state index in [0.717, 1.165) is 5.56 Å². The lowest BCUT2D eigenvalue weighted by atomic mass is 10.1. The Morgan fingerprint density at radius 1 is 1.39 bits per heavy atom. The molecule has 0 spiro atoms. The second-order valence-electron chi connectivity index (χ2n) is 3.52. The first-order valence-corrected chi connectivity index (χ1v) is 5.45. The summed E-state index contributed by atoms with van der Waals surface area (Å²) in [6.07, 6.45) is 4.60. The van der Waals surface area contributed by atoms with Crippen molar-refractivity contribution in [2.45, 2.75) is 6.92 Å². The number of nitrogens with zero attached hydrogens (tertiary/aromatic N) is 2. The molecule has 0 aromatic carbocycles. The van der Waals surface area contributed by atoms with Gasteiger partial charge in [0, 0.05) is 29.7 Å². The summed E-state index contributed by atoms with van der Waals surface area (Å²) >= 11 is 0. The molecule has 0 bridgehead atoms. The number of pyridine rings is 2. The van der Waals surface area contributed by atoms with E-state index in [4.69, 9.17) is 4.74 Å². The number of hydrogen-bond acceptors (Lipinski definition) is 4. The van der Waals surface area contributed by atoms with Crippen LogP contribution in [0, 0.1) is 5.95 Å². The molecule has 0 aliphatic rings. The molecule has 0 amide bonds. The molecule has 2 aromatic heterocycles. The third-order valence-corrected chi connectivity index (χ3v) is 2.33. The molecule has 0 unspecified atom stereocenters. The normalized spacial score (nSPS) is 10.1. The van der Waals surface area contributed by atoms with Gasteiger partial charge in [0.1, 0.15) is 5.56 Å². The molecule has 0 N–H and O–H groups in total. The van der Waals surface area contributed by atoms with Crippen molar-refractivity contribution in [2.75, 3.05) is 6.61 Å². The van der Waals surface area contributed by atoms with Crippen LogP contribution in [0.15, 0.2) is 36.8 Å². The van der Waals surface area contributed by atoms with Crippen LogP contribution in [0.3, 0.4) is 0 Å². The summed E-state index contributed by atoms with van der Waals surface area (Å²) in [5, 5.41) is 0. The highest BCUT2D eigenvalue weighted by Crippen LogP contribution is 2.20. The first-order valence-electron chi connectivity index (χ1n) is 5.45. The number of ether oxygens (including phenoxy) is 1. The molecule has 2 heterocycles. The summed E-state index contributed by atoms with van der Waals surface area (Å²) in [4.78, 5) is 19.1. The average Bonchev–Trinajstić information content (AvgIpc) is 2.40. The zero-order chi connectivity index (χ0) is 13.0. The average molecular weight is 246 g/mol.